The van der Waals surface area contributed by atoms with E-state index in [0.717, 1.165) is 37.8 Å². The molecule has 3 rings (SSSR count). The Morgan fingerprint density at radius 3 is 2.96 bits per heavy atom. The van der Waals surface area contributed by atoms with E-state index in [1.54, 1.807) is 12.1 Å². The summed E-state index contributed by atoms with van der Waals surface area (Å²) in [6, 6.07) is 6.56. The number of halogens is 1. The summed E-state index contributed by atoms with van der Waals surface area (Å²) in [5, 5.41) is 3.11. The van der Waals surface area contributed by atoms with Crippen LogP contribution in [0, 0.1) is 18.2 Å². The number of ether oxygens (including phenoxy) is 1. The topological polar surface area (TPSA) is 41.6 Å². The molecule has 1 amide bonds. The minimum Gasteiger partial charge on any atom is -0.381 e. The molecule has 0 radical (unpaired) electrons. The van der Waals surface area contributed by atoms with Crippen molar-refractivity contribution in [3.63, 3.8) is 0 Å². The molecule has 25 heavy (non-hydrogen) atoms. The average molecular weight is 344 g/mol. The third-order valence-electron chi connectivity index (χ3n) is 5.45. The van der Waals surface area contributed by atoms with Gasteiger partial charge in [-0.05, 0) is 49.9 Å². The second-order valence-electron chi connectivity index (χ2n) is 6.95. The van der Waals surface area contributed by atoms with Crippen molar-refractivity contribution in [3.8, 4) is 12.3 Å². The number of hydrogen-bond acceptors (Lipinski definition) is 3. The molecule has 0 unspecified atom stereocenters. The standard InChI is InChI=1S/C20H25FN2O2/c1-2-10-23-11-4-7-18(23)19(24)22-15-20(8-12-25-13-9-20)16-5-3-6-17(21)14-16/h1,3,5-6,14,18H,4,7-13,15H2,(H,22,24)/t18-/m0/s1. The van der Waals surface area contributed by atoms with E-state index in [-0.39, 0.29) is 23.2 Å². The normalized spacial score (nSPS) is 23.1. The minimum atomic E-state index is -0.272. The molecular formula is C20H25FN2O2. The van der Waals surface area contributed by atoms with Gasteiger partial charge in [0.2, 0.25) is 5.91 Å². The molecule has 1 aromatic carbocycles. The van der Waals surface area contributed by atoms with Crippen LogP contribution in [0.15, 0.2) is 24.3 Å². The minimum absolute atomic E-state index is 0.0232. The van der Waals surface area contributed by atoms with Crippen LogP contribution in [0.4, 0.5) is 4.39 Å². The summed E-state index contributed by atoms with van der Waals surface area (Å²) in [5.41, 5.74) is 0.661. The first-order valence-electron chi connectivity index (χ1n) is 8.94. The number of carbonyl (C=O) groups is 1. The molecule has 1 N–H and O–H groups in total. The lowest BCUT2D eigenvalue weighted by Crippen LogP contribution is -2.49. The van der Waals surface area contributed by atoms with Crippen molar-refractivity contribution in [1.82, 2.24) is 10.2 Å². The lowest BCUT2D eigenvalue weighted by molar-refractivity contribution is -0.125. The predicted molar refractivity (Wildman–Crippen MR) is 94.6 cm³/mol. The fourth-order valence-electron chi connectivity index (χ4n) is 3.95. The molecule has 0 aliphatic carbocycles. The van der Waals surface area contributed by atoms with Gasteiger partial charge in [0.05, 0.1) is 12.6 Å². The molecule has 0 spiro atoms. The second-order valence-corrected chi connectivity index (χ2v) is 6.95. The number of nitrogens with zero attached hydrogens (tertiary/aromatic N) is 1. The Morgan fingerprint density at radius 2 is 2.24 bits per heavy atom. The predicted octanol–water partition coefficient (Wildman–Crippen LogP) is 2.09. The zero-order valence-corrected chi connectivity index (χ0v) is 14.5. The summed E-state index contributed by atoms with van der Waals surface area (Å²) < 4.78 is 19.2. The molecule has 134 valence electrons. The number of benzene rings is 1. The number of terminal acetylenes is 1. The molecule has 4 nitrogen and oxygen atoms in total. The van der Waals surface area contributed by atoms with Gasteiger partial charge in [-0.1, -0.05) is 18.1 Å². The van der Waals surface area contributed by atoms with E-state index in [1.165, 1.54) is 6.07 Å². The highest BCUT2D eigenvalue weighted by Crippen LogP contribution is 2.34. The highest BCUT2D eigenvalue weighted by Gasteiger charge is 2.37. The maximum Gasteiger partial charge on any atom is 0.237 e. The van der Waals surface area contributed by atoms with E-state index in [4.69, 9.17) is 11.2 Å². The number of rotatable bonds is 5. The molecule has 1 aromatic rings. The zero-order valence-electron chi connectivity index (χ0n) is 14.5. The molecular weight excluding hydrogens is 319 g/mol. The smallest absolute Gasteiger partial charge is 0.237 e. The van der Waals surface area contributed by atoms with Gasteiger partial charge in [0.1, 0.15) is 5.82 Å². The van der Waals surface area contributed by atoms with E-state index in [0.29, 0.717) is 26.3 Å². The maximum absolute atomic E-state index is 13.7. The van der Waals surface area contributed by atoms with Crippen molar-refractivity contribution in [1.29, 1.82) is 0 Å². The molecule has 0 saturated carbocycles. The van der Waals surface area contributed by atoms with Crippen LogP contribution in [0.25, 0.3) is 0 Å². The highest BCUT2D eigenvalue weighted by molar-refractivity contribution is 5.82. The van der Waals surface area contributed by atoms with E-state index in [1.807, 2.05) is 11.0 Å². The summed E-state index contributed by atoms with van der Waals surface area (Å²) in [5.74, 6) is 2.41. The van der Waals surface area contributed by atoms with Gasteiger partial charge in [-0.25, -0.2) is 4.39 Å². The molecule has 2 aliphatic rings. The first-order chi connectivity index (χ1) is 12.1. The second kappa shape index (κ2) is 7.99. The summed E-state index contributed by atoms with van der Waals surface area (Å²) in [6.45, 7) is 3.11. The van der Waals surface area contributed by atoms with Crippen molar-refractivity contribution in [2.75, 3.05) is 32.8 Å². The van der Waals surface area contributed by atoms with Crippen LogP contribution >= 0.6 is 0 Å². The summed E-state index contributed by atoms with van der Waals surface area (Å²) in [4.78, 5) is 14.7. The maximum atomic E-state index is 13.7. The van der Waals surface area contributed by atoms with Crippen molar-refractivity contribution in [3.05, 3.63) is 35.6 Å². The number of hydrogen-bond donors (Lipinski definition) is 1. The number of likely N-dealkylation sites (tertiary alicyclic amines) is 1. The molecule has 2 aliphatic heterocycles. The van der Waals surface area contributed by atoms with Crippen LogP contribution in [0.3, 0.4) is 0 Å². The zero-order chi connectivity index (χ0) is 17.7. The Hall–Kier alpha value is -1.90. The van der Waals surface area contributed by atoms with Crippen LogP contribution in [-0.2, 0) is 14.9 Å². The third-order valence-corrected chi connectivity index (χ3v) is 5.45. The van der Waals surface area contributed by atoms with Gasteiger partial charge in [0, 0.05) is 25.2 Å². The van der Waals surface area contributed by atoms with Crippen molar-refractivity contribution < 1.29 is 13.9 Å². The first kappa shape index (κ1) is 17.9. The van der Waals surface area contributed by atoms with Crippen molar-refractivity contribution in [2.24, 2.45) is 0 Å². The Morgan fingerprint density at radius 1 is 1.44 bits per heavy atom. The Labute approximate surface area is 148 Å². The molecule has 2 heterocycles. The van der Waals surface area contributed by atoms with Gasteiger partial charge in [-0.2, -0.15) is 0 Å². The highest BCUT2D eigenvalue weighted by atomic mass is 19.1. The van der Waals surface area contributed by atoms with E-state index >= 15 is 0 Å². The van der Waals surface area contributed by atoms with Gasteiger partial charge < -0.3 is 10.1 Å². The first-order valence-corrected chi connectivity index (χ1v) is 8.94. The SMILES string of the molecule is C#CCN1CCC[C@H]1C(=O)NCC1(c2cccc(F)c2)CCOCC1. The van der Waals surface area contributed by atoms with Crippen LogP contribution in [0.2, 0.25) is 0 Å². The molecule has 1 atom stereocenters. The lowest BCUT2D eigenvalue weighted by atomic mass is 9.74. The summed E-state index contributed by atoms with van der Waals surface area (Å²) in [6.07, 6.45) is 8.77. The van der Waals surface area contributed by atoms with Crippen molar-refractivity contribution >= 4 is 5.91 Å². The van der Waals surface area contributed by atoms with Crippen LogP contribution in [0.1, 0.15) is 31.2 Å². The largest absolute Gasteiger partial charge is 0.381 e. The van der Waals surface area contributed by atoms with Crippen LogP contribution in [0.5, 0.6) is 0 Å². The lowest BCUT2D eigenvalue weighted by Gasteiger charge is -2.38. The van der Waals surface area contributed by atoms with Crippen LogP contribution in [-0.4, -0.2) is 49.7 Å². The average Bonchev–Trinajstić information content (AvgIpc) is 3.09. The van der Waals surface area contributed by atoms with Gasteiger partial charge >= 0.3 is 0 Å². The third kappa shape index (κ3) is 4.02. The fourth-order valence-corrected chi connectivity index (χ4v) is 3.95. The number of nitrogens with one attached hydrogen (secondary N) is 1. The van der Waals surface area contributed by atoms with Gasteiger partial charge in [-0.3, -0.25) is 9.69 Å². The summed E-state index contributed by atoms with van der Waals surface area (Å²) >= 11 is 0. The Kier molecular flexibility index (Phi) is 5.72. The van der Waals surface area contributed by atoms with E-state index < -0.39 is 0 Å². The monoisotopic (exact) mass is 344 g/mol. The molecule has 0 aromatic heterocycles. The van der Waals surface area contributed by atoms with Crippen molar-refractivity contribution in [2.45, 2.75) is 37.1 Å². The van der Waals surface area contributed by atoms with E-state index in [9.17, 15) is 9.18 Å². The van der Waals surface area contributed by atoms with Gasteiger partial charge in [0.15, 0.2) is 0 Å². The molecule has 2 saturated heterocycles. The summed E-state index contributed by atoms with van der Waals surface area (Å²) in [7, 11) is 0. The van der Waals surface area contributed by atoms with Gasteiger partial charge in [-0.15, -0.1) is 6.42 Å². The van der Waals surface area contributed by atoms with E-state index in [2.05, 4.69) is 11.2 Å². The number of amides is 1. The quantitative estimate of drug-likeness (QED) is 0.832. The van der Waals surface area contributed by atoms with Crippen LogP contribution < -0.4 is 5.32 Å². The Bertz CT molecular complexity index is 649. The number of carbonyl (C=O) groups excluding carboxylic acids is 1. The molecule has 2 fully saturated rings. The van der Waals surface area contributed by atoms with Gasteiger partial charge in [0.25, 0.3) is 0 Å². The molecule has 5 heteroatoms. The Balaban J connectivity index is 1.71. The molecule has 0 bridgehead atoms. The fraction of sp³-hybridized carbons (Fsp3) is 0.550.